The Morgan fingerprint density at radius 3 is 2.56 bits per heavy atom. The van der Waals surface area contributed by atoms with Crippen molar-refractivity contribution in [2.75, 3.05) is 20.7 Å². The van der Waals surface area contributed by atoms with Crippen molar-refractivity contribution in [2.24, 2.45) is 0 Å². The van der Waals surface area contributed by atoms with Crippen molar-refractivity contribution in [3.05, 3.63) is 78.0 Å². The predicted octanol–water partition coefficient (Wildman–Crippen LogP) is 4.42. The first-order valence-electron chi connectivity index (χ1n) is 11.4. The van der Waals surface area contributed by atoms with E-state index < -0.39 is 11.9 Å². The topological polar surface area (TPSA) is 101 Å². The van der Waals surface area contributed by atoms with E-state index in [2.05, 4.69) is 0 Å². The lowest BCUT2D eigenvalue weighted by atomic mass is 9.93. The van der Waals surface area contributed by atoms with Gasteiger partial charge in [-0.05, 0) is 54.6 Å². The van der Waals surface area contributed by atoms with Crippen LogP contribution < -0.4 is 23.7 Å². The summed E-state index contributed by atoms with van der Waals surface area (Å²) in [7, 11) is 1.61. The molecule has 9 nitrogen and oxygen atoms in total. The number of carboxylic acids is 1. The average Bonchev–Trinajstić information content (AvgIpc) is 3.66. The molecule has 36 heavy (non-hydrogen) atoms. The molecule has 1 N–H and O–H groups in total. The third-order valence-electron chi connectivity index (χ3n) is 6.26. The zero-order valence-electron chi connectivity index (χ0n) is 19.3. The van der Waals surface area contributed by atoms with E-state index in [9.17, 15) is 9.90 Å². The molecule has 1 aromatic heterocycles. The van der Waals surface area contributed by atoms with Crippen LogP contribution in [0.2, 0.25) is 0 Å². The number of hydrogen-bond acceptors (Lipinski definition) is 7. The first-order chi connectivity index (χ1) is 17.6. The number of carboxylic acid groups (broad SMARTS) is 1. The molecule has 0 saturated heterocycles. The molecule has 2 aliphatic rings. The van der Waals surface area contributed by atoms with Gasteiger partial charge in [-0.2, -0.15) is 5.10 Å². The van der Waals surface area contributed by atoms with Crippen LogP contribution in [0.4, 0.5) is 0 Å². The van der Waals surface area contributed by atoms with Gasteiger partial charge in [0.2, 0.25) is 13.6 Å². The standard InChI is InChI=1S/C27H22N2O7/c1-32-19-8-6-18(7-9-19)29-22(16-5-10-23-25(11-16)35-14-33-23)13-17(28-29)12-21(27(30)31)20-3-2-4-24-26(20)36-15-34-24/h2-11,13,21H,12,14-15H2,1H3,(H,30,31). The highest BCUT2D eigenvalue weighted by Gasteiger charge is 2.30. The molecule has 3 heterocycles. The Balaban J connectivity index is 1.42. The molecule has 6 rings (SSSR count). The van der Waals surface area contributed by atoms with Crippen molar-refractivity contribution in [2.45, 2.75) is 12.3 Å². The number of aromatic nitrogens is 2. The van der Waals surface area contributed by atoms with Crippen molar-refractivity contribution in [3.63, 3.8) is 0 Å². The van der Waals surface area contributed by atoms with E-state index in [1.54, 1.807) is 30.0 Å². The predicted molar refractivity (Wildman–Crippen MR) is 128 cm³/mol. The van der Waals surface area contributed by atoms with Gasteiger partial charge in [0.15, 0.2) is 23.0 Å². The van der Waals surface area contributed by atoms with Crippen LogP contribution in [0.25, 0.3) is 16.9 Å². The number of methoxy groups -OCH3 is 1. The Hall–Kier alpha value is -4.66. The molecule has 0 bridgehead atoms. The molecule has 2 aliphatic heterocycles. The normalized spacial score (nSPS) is 14.0. The van der Waals surface area contributed by atoms with Gasteiger partial charge in [-0.25, -0.2) is 4.68 Å². The molecule has 4 aromatic rings. The summed E-state index contributed by atoms with van der Waals surface area (Å²) in [5.41, 5.74) is 3.62. The molecule has 0 amide bonds. The van der Waals surface area contributed by atoms with Crippen molar-refractivity contribution in [3.8, 4) is 45.7 Å². The van der Waals surface area contributed by atoms with Gasteiger partial charge < -0.3 is 28.8 Å². The van der Waals surface area contributed by atoms with Crippen LogP contribution in [-0.4, -0.2) is 41.6 Å². The Morgan fingerprint density at radius 2 is 1.75 bits per heavy atom. The number of carbonyl (C=O) groups is 1. The summed E-state index contributed by atoms with van der Waals surface area (Å²) >= 11 is 0. The fraction of sp³-hybridized carbons (Fsp3) is 0.185. The van der Waals surface area contributed by atoms with Crippen molar-refractivity contribution in [1.82, 2.24) is 9.78 Å². The second kappa shape index (κ2) is 8.84. The van der Waals surface area contributed by atoms with E-state index in [4.69, 9.17) is 28.8 Å². The van der Waals surface area contributed by atoms with Crippen LogP contribution >= 0.6 is 0 Å². The van der Waals surface area contributed by atoms with Gasteiger partial charge in [0.05, 0.1) is 30.1 Å². The lowest BCUT2D eigenvalue weighted by Gasteiger charge is -2.13. The van der Waals surface area contributed by atoms with E-state index >= 15 is 0 Å². The molecule has 0 fully saturated rings. The van der Waals surface area contributed by atoms with E-state index in [0.717, 1.165) is 22.7 Å². The largest absolute Gasteiger partial charge is 0.497 e. The summed E-state index contributed by atoms with van der Waals surface area (Å²) in [6, 6.07) is 20.4. The second-order valence-electron chi connectivity index (χ2n) is 8.37. The zero-order valence-corrected chi connectivity index (χ0v) is 19.3. The summed E-state index contributed by atoms with van der Waals surface area (Å²) in [6.07, 6.45) is 0.163. The minimum absolute atomic E-state index is 0.0685. The quantitative estimate of drug-likeness (QED) is 0.410. The first kappa shape index (κ1) is 21.8. The Bertz CT molecular complexity index is 1450. The Labute approximate surface area is 206 Å². The van der Waals surface area contributed by atoms with Gasteiger partial charge in [-0.1, -0.05) is 12.1 Å². The van der Waals surface area contributed by atoms with Gasteiger partial charge in [-0.15, -0.1) is 0 Å². The fourth-order valence-electron chi connectivity index (χ4n) is 4.48. The van der Waals surface area contributed by atoms with Crippen molar-refractivity contribution < 1.29 is 33.6 Å². The van der Waals surface area contributed by atoms with Crippen LogP contribution in [0.15, 0.2) is 66.7 Å². The van der Waals surface area contributed by atoms with Gasteiger partial charge >= 0.3 is 5.97 Å². The van der Waals surface area contributed by atoms with E-state index in [0.29, 0.717) is 34.3 Å². The van der Waals surface area contributed by atoms with Gasteiger partial charge in [0.25, 0.3) is 0 Å². The number of nitrogens with zero attached hydrogens (tertiary/aromatic N) is 2. The highest BCUT2D eigenvalue weighted by atomic mass is 16.7. The van der Waals surface area contributed by atoms with E-state index in [1.165, 1.54) is 0 Å². The van der Waals surface area contributed by atoms with Crippen LogP contribution in [0.1, 0.15) is 17.2 Å². The van der Waals surface area contributed by atoms with Crippen molar-refractivity contribution in [1.29, 1.82) is 0 Å². The SMILES string of the molecule is COc1ccc(-n2nc(CC(C(=O)O)c3cccc4c3OCO4)cc2-c2ccc3c(c2)OCO3)cc1. The Kier molecular flexibility index (Phi) is 5.37. The summed E-state index contributed by atoms with van der Waals surface area (Å²) in [6.45, 7) is 0.244. The number of benzene rings is 3. The van der Waals surface area contributed by atoms with E-state index in [1.807, 2.05) is 48.5 Å². The van der Waals surface area contributed by atoms with Crippen molar-refractivity contribution >= 4 is 5.97 Å². The van der Waals surface area contributed by atoms with E-state index in [-0.39, 0.29) is 20.0 Å². The number of para-hydroxylation sites is 1. The molecule has 0 aliphatic carbocycles. The number of ether oxygens (including phenoxy) is 5. The lowest BCUT2D eigenvalue weighted by Crippen LogP contribution is -2.15. The zero-order chi connectivity index (χ0) is 24.6. The second-order valence-corrected chi connectivity index (χ2v) is 8.37. The molecule has 1 atom stereocenters. The summed E-state index contributed by atoms with van der Waals surface area (Å²) in [5, 5.41) is 14.9. The molecule has 0 saturated carbocycles. The van der Waals surface area contributed by atoms with Gasteiger partial charge in [0, 0.05) is 17.5 Å². The van der Waals surface area contributed by atoms with Gasteiger partial charge in [0.1, 0.15) is 5.75 Å². The average molecular weight is 486 g/mol. The maximum Gasteiger partial charge on any atom is 0.311 e. The maximum absolute atomic E-state index is 12.4. The lowest BCUT2D eigenvalue weighted by molar-refractivity contribution is -0.138. The van der Waals surface area contributed by atoms with Crippen LogP contribution in [0.3, 0.4) is 0 Å². The smallest absolute Gasteiger partial charge is 0.311 e. The Morgan fingerprint density at radius 1 is 0.972 bits per heavy atom. The third-order valence-corrected chi connectivity index (χ3v) is 6.26. The van der Waals surface area contributed by atoms with Crippen LogP contribution in [0.5, 0.6) is 28.7 Å². The maximum atomic E-state index is 12.4. The summed E-state index contributed by atoms with van der Waals surface area (Å²) in [5.74, 6) is 1.23. The van der Waals surface area contributed by atoms with Gasteiger partial charge in [-0.3, -0.25) is 4.79 Å². The minimum Gasteiger partial charge on any atom is -0.497 e. The summed E-state index contributed by atoms with van der Waals surface area (Å²) in [4.78, 5) is 12.4. The molecule has 0 spiro atoms. The third kappa shape index (κ3) is 3.84. The number of fused-ring (bicyclic) bond motifs is 2. The van der Waals surface area contributed by atoms with Crippen LogP contribution in [0, 0.1) is 0 Å². The fourth-order valence-corrected chi connectivity index (χ4v) is 4.48. The molecule has 1 unspecified atom stereocenters. The molecule has 3 aromatic carbocycles. The number of hydrogen-bond donors (Lipinski definition) is 1. The van der Waals surface area contributed by atoms with Crippen LogP contribution in [-0.2, 0) is 11.2 Å². The highest BCUT2D eigenvalue weighted by molar-refractivity contribution is 5.78. The first-order valence-corrected chi connectivity index (χ1v) is 11.4. The molecular formula is C27H22N2O7. The summed E-state index contributed by atoms with van der Waals surface area (Å²) < 4.78 is 29.1. The molecular weight excluding hydrogens is 464 g/mol. The molecule has 9 heteroatoms. The highest BCUT2D eigenvalue weighted by Crippen LogP contribution is 2.41. The number of aliphatic carboxylic acids is 1. The monoisotopic (exact) mass is 486 g/mol. The molecule has 182 valence electrons. The molecule has 0 radical (unpaired) electrons. The number of rotatable bonds is 7. The minimum atomic E-state index is -0.970.